The number of hydrogen-bond acceptors (Lipinski definition) is 4. The van der Waals surface area contributed by atoms with E-state index in [9.17, 15) is 14.4 Å². The van der Waals surface area contributed by atoms with Gasteiger partial charge in [-0.05, 0) is 24.7 Å². The Labute approximate surface area is 114 Å². The topological polar surface area (TPSA) is 60.4 Å². The molecule has 1 saturated carbocycles. The molecule has 1 aliphatic rings. The second-order valence-corrected chi connectivity index (χ2v) is 6.12. The molecule has 1 fully saturated rings. The SMILES string of the molecule is COC(=O)C1C(=O)C(C)C(=O)C(C(C)C)C1C(C)C. The van der Waals surface area contributed by atoms with Crippen LogP contribution in [0, 0.1) is 35.5 Å². The van der Waals surface area contributed by atoms with Gasteiger partial charge in [-0.2, -0.15) is 0 Å². The molecule has 0 saturated heterocycles. The summed E-state index contributed by atoms with van der Waals surface area (Å²) in [6, 6.07) is 0. The number of carbonyl (C=O) groups is 3. The quantitative estimate of drug-likeness (QED) is 0.581. The predicted molar refractivity (Wildman–Crippen MR) is 71.3 cm³/mol. The van der Waals surface area contributed by atoms with Crippen LogP contribution in [0.3, 0.4) is 0 Å². The van der Waals surface area contributed by atoms with E-state index in [1.807, 2.05) is 27.7 Å². The minimum absolute atomic E-state index is 0.0288. The van der Waals surface area contributed by atoms with Gasteiger partial charge in [0.15, 0.2) is 5.78 Å². The maximum atomic E-state index is 12.4. The van der Waals surface area contributed by atoms with E-state index < -0.39 is 17.8 Å². The van der Waals surface area contributed by atoms with E-state index in [1.165, 1.54) is 7.11 Å². The predicted octanol–water partition coefficient (Wildman–Crippen LogP) is 2.11. The second kappa shape index (κ2) is 5.85. The zero-order valence-corrected chi connectivity index (χ0v) is 12.6. The average molecular weight is 268 g/mol. The maximum Gasteiger partial charge on any atom is 0.316 e. The Bertz CT molecular complexity index is 384. The lowest BCUT2D eigenvalue weighted by Crippen LogP contribution is -2.53. The summed E-state index contributed by atoms with van der Waals surface area (Å²) in [7, 11) is 1.29. The van der Waals surface area contributed by atoms with Crippen LogP contribution in [-0.4, -0.2) is 24.6 Å². The third-order valence-electron chi connectivity index (χ3n) is 4.23. The molecule has 0 radical (unpaired) electrons. The Morgan fingerprint density at radius 3 is 1.95 bits per heavy atom. The molecule has 0 aromatic carbocycles. The van der Waals surface area contributed by atoms with Crippen molar-refractivity contribution in [3.8, 4) is 0 Å². The molecule has 1 aliphatic carbocycles. The van der Waals surface area contributed by atoms with Crippen molar-refractivity contribution in [2.75, 3.05) is 7.11 Å². The van der Waals surface area contributed by atoms with Gasteiger partial charge in [-0.1, -0.05) is 27.7 Å². The average Bonchev–Trinajstić information content (AvgIpc) is 2.33. The van der Waals surface area contributed by atoms with E-state index in [0.29, 0.717) is 0 Å². The van der Waals surface area contributed by atoms with Crippen molar-refractivity contribution in [2.24, 2.45) is 35.5 Å². The number of Topliss-reactive ketones (excluding diaryl/α,β-unsaturated/α-hetero) is 2. The fourth-order valence-corrected chi connectivity index (χ4v) is 3.26. The van der Waals surface area contributed by atoms with Crippen LogP contribution in [0.25, 0.3) is 0 Å². The van der Waals surface area contributed by atoms with Crippen molar-refractivity contribution in [1.82, 2.24) is 0 Å². The third-order valence-corrected chi connectivity index (χ3v) is 4.23. The summed E-state index contributed by atoms with van der Waals surface area (Å²) in [6.45, 7) is 9.44. The highest BCUT2D eigenvalue weighted by molar-refractivity contribution is 6.13. The van der Waals surface area contributed by atoms with Crippen LogP contribution < -0.4 is 0 Å². The van der Waals surface area contributed by atoms with Gasteiger partial charge in [-0.25, -0.2) is 0 Å². The van der Waals surface area contributed by atoms with Gasteiger partial charge >= 0.3 is 5.97 Å². The fraction of sp³-hybridized carbons (Fsp3) is 0.800. The molecular formula is C15H24O4. The van der Waals surface area contributed by atoms with E-state index in [-0.39, 0.29) is 35.2 Å². The molecule has 0 aliphatic heterocycles. The lowest BCUT2D eigenvalue weighted by molar-refractivity contribution is -0.162. The van der Waals surface area contributed by atoms with Gasteiger partial charge in [-0.3, -0.25) is 14.4 Å². The smallest absolute Gasteiger partial charge is 0.316 e. The summed E-state index contributed by atoms with van der Waals surface area (Å²) in [5.41, 5.74) is 0. The minimum Gasteiger partial charge on any atom is -0.468 e. The van der Waals surface area contributed by atoms with Crippen molar-refractivity contribution < 1.29 is 19.1 Å². The summed E-state index contributed by atoms with van der Waals surface area (Å²) in [5, 5.41) is 0. The number of esters is 1. The van der Waals surface area contributed by atoms with Gasteiger partial charge in [0, 0.05) is 5.92 Å². The fourth-order valence-electron chi connectivity index (χ4n) is 3.26. The first-order chi connectivity index (χ1) is 8.73. The van der Waals surface area contributed by atoms with Crippen molar-refractivity contribution in [1.29, 1.82) is 0 Å². The number of ether oxygens (including phenoxy) is 1. The zero-order valence-electron chi connectivity index (χ0n) is 12.6. The van der Waals surface area contributed by atoms with E-state index in [4.69, 9.17) is 4.74 Å². The standard InChI is InChI=1S/C15H24O4/c1-7(2)10-11(8(3)4)13(16)9(5)14(17)12(10)15(18)19-6/h7-12H,1-6H3. The lowest BCUT2D eigenvalue weighted by Gasteiger charge is -2.41. The molecule has 0 aromatic rings. The molecule has 4 nitrogen and oxygen atoms in total. The Balaban J connectivity index is 3.29. The van der Waals surface area contributed by atoms with Crippen LogP contribution in [0.15, 0.2) is 0 Å². The Morgan fingerprint density at radius 2 is 1.58 bits per heavy atom. The molecule has 4 atom stereocenters. The first kappa shape index (κ1) is 15.9. The van der Waals surface area contributed by atoms with Crippen molar-refractivity contribution in [3.05, 3.63) is 0 Å². The van der Waals surface area contributed by atoms with Gasteiger partial charge in [0.25, 0.3) is 0 Å². The summed E-state index contributed by atoms with van der Waals surface area (Å²) in [6.07, 6.45) is 0. The van der Waals surface area contributed by atoms with Gasteiger partial charge < -0.3 is 4.74 Å². The largest absolute Gasteiger partial charge is 0.468 e. The minimum atomic E-state index is -0.801. The van der Waals surface area contributed by atoms with E-state index in [1.54, 1.807) is 6.92 Å². The normalized spacial score (nSPS) is 32.0. The summed E-state index contributed by atoms with van der Waals surface area (Å²) in [4.78, 5) is 36.6. The second-order valence-electron chi connectivity index (χ2n) is 6.12. The highest BCUT2D eigenvalue weighted by Gasteiger charge is 2.52. The molecule has 19 heavy (non-hydrogen) atoms. The van der Waals surface area contributed by atoms with E-state index >= 15 is 0 Å². The molecule has 0 heterocycles. The number of rotatable bonds is 3. The first-order valence-corrected chi connectivity index (χ1v) is 6.89. The number of ketones is 2. The van der Waals surface area contributed by atoms with E-state index in [2.05, 4.69) is 0 Å². The molecule has 0 aromatic heterocycles. The van der Waals surface area contributed by atoms with Gasteiger partial charge in [0.05, 0.1) is 13.0 Å². The molecule has 4 heteroatoms. The molecule has 4 unspecified atom stereocenters. The summed E-state index contributed by atoms with van der Waals surface area (Å²) < 4.78 is 4.78. The van der Waals surface area contributed by atoms with Gasteiger partial charge in [-0.15, -0.1) is 0 Å². The number of carbonyl (C=O) groups excluding carboxylic acids is 3. The first-order valence-electron chi connectivity index (χ1n) is 6.89. The summed E-state index contributed by atoms with van der Waals surface area (Å²) in [5.74, 6) is -2.64. The number of hydrogen-bond donors (Lipinski definition) is 0. The van der Waals surface area contributed by atoms with Crippen molar-refractivity contribution >= 4 is 17.5 Å². The third kappa shape index (κ3) is 2.72. The van der Waals surface area contributed by atoms with Crippen molar-refractivity contribution in [3.63, 3.8) is 0 Å². The Hall–Kier alpha value is -1.19. The maximum absolute atomic E-state index is 12.4. The Kier molecular flexibility index (Phi) is 4.88. The molecule has 0 amide bonds. The highest BCUT2D eigenvalue weighted by atomic mass is 16.5. The van der Waals surface area contributed by atoms with Crippen LogP contribution in [0.5, 0.6) is 0 Å². The zero-order chi connectivity index (χ0) is 14.9. The molecular weight excluding hydrogens is 244 g/mol. The van der Waals surface area contributed by atoms with Crippen LogP contribution in [0.2, 0.25) is 0 Å². The van der Waals surface area contributed by atoms with Crippen LogP contribution in [-0.2, 0) is 19.1 Å². The van der Waals surface area contributed by atoms with Gasteiger partial charge in [0.1, 0.15) is 11.7 Å². The summed E-state index contributed by atoms with van der Waals surface area (Å²) >= 11 is 0. The molecule has 0 spiro atoms. The van der Waals surface area contributed by atoms with Crippen LogP contribution in [0.4, 0.5) is 0 Å². The highest BCUT2D eigenvalue weighted by Crippen LogP contribution is 2.42. The lowest BCUT2D eigenvalue weighted by atomic mass is 9.60. The van der Waals surface area contributed by atoms with Crippen molar-refractivity contribution in [2.45, 2.75) is 34.6 Å². The number of methoxy groups -OCH3 is 1. The van der Waals surface area contributed by atoms with Crippen LogP contribution >= 0.6 is 0 Å². The van der Waals surface area contributed by atoms with Gasteiger partial charge in [0.2, 0.25) is 0 Å². The Morgan fingerprint density at radius 1 is 1.05 bits per heavy atom. The van der Waals surface area contributed by atoms with Crippen LogP contribution in [0.1, 0.15) is 34.6 Å². The van der Waals surface area contributed by atoms with E-state index in [0.717, 1.165) is 0 Å². The molecule has 0 N–H and O–H groups in total. The molecule has 1 rings (SSSR count). The monoisotopic (exact) mass is 268 g/mol. The molecule has 0 bridgehead atoms. The molecule has 108 valence electrons.